The summed E-state index contributed by atoms with van der Waals surface area (Å²) in [6.45, 7) is 7.29. The molecule has 0 unspecified atom stereocenters. The van der Waals surface area contributed by atoms with Crippen molar-refractivity contribution in [2.24, 2.45) is 11.1 Å². The molecule has 0 fully saturated rings. The van der Waals surface area contributed by atoms with Crippen molar-refractivity contribution < 1.29 is 14.7 Å². The summed E-state index contributed by atoms with van der Waals surface area (Å²) in [6.07, 6.45) is 2.57. The average molecular weight is 348 g/mol. The van der Waals surface area contributed by atoms with Crippen LogP contribution in [0.15, 0.2) is 17.3 Å². The Morgan fingerprint density at radius 1 is 1.18 bits per heavy atom. The smallest absolute Gasteiger partial charge is 0.156 e. The number of benzene rings is 1. The molecule has 0 radical (unpaired) electrons. The van der Waals surface area contributed by atoms with E-state index in [0.29, 0.717) is 34.9 Å². The van der Waals surface area contributed by atoms with Gasteiger partial charge in [-0.15, -0.1) is 0 Å². The van der Waals surface area contributed by atoms with E-state index < -0.39 is 0 Å². The number of hydrogen-bond acceptors (Lipinski definition) is 4. The van der Waals surface area contributed by atoms with E-state index in [1.165, 1.54) is 12.1 Å². The molecular formula is C16H23Cl2NO3. The first-order valence-corrected chi connectivity index (χ1v) is 8.12. The lowest BCUT2D eigenvalue weighted by Crippen LogP contribution is -2.02. The third-order valence-corrected chi connectivity index (χ3v) is 3.34. The Balaban J connectivity index is 2.21. The zero-order valence-corrected chi connectivity index (χ0v) is 14.7. The van der Waals surface area contributed by atoms with Gasteiger partial charge in [0.15, 0.2) is 5.75 Å². The lowest BCUT2D eigenvalue weighted by Gasteiger charge is -2.10. The SMILES string of the molecule is C/C(CC(C)C)=N\OCCCCOc1c(Cl)cc(O)cc1Cl. The second kappa shape index (κ2) is 9.80. The highest BCUT2D eigenvalue weighted by atomic mass is 35.5. The molecule has 0 saturated carbocycles. The minimum atomic E-state index is 0.0189. The molecule has 0 aromatic heterocycles. The van der Waals surface area contributed by atoms with Gasteiger partial charge < -0.3 is 14.7 Å². The highest BCUT2D eigenvalue weighted by Crippen LogP contribution is 2.36. The van der Waals surface area contributed by atoms with Crippen LogP contribution >= 0.6 is 23.2 Å². The molecule has 0 heterocycles. The van der Waals surface area contributed by atoms with Gasteiger partial charge in [-0.3, -0.25) is 0 Å². The van der Waals surface area contributed by atoms with E-state index >= 15 is 0 Å². The number of oxime groups is 1. The highest BCUT2D eigenvalue weighted by Gasteiger charge is 2.09. The molecule has 1 N–H and O–H groups in total. The molecule has 4 nitrogen and oxygen atoms in total. The second-order valence-corrected chi connectivity index (χ2v) is 6.37. The standard InChI is InChI=1S/C16H23Cl2NO3/c1-11(2)8-12(3)19-22-7-5-4-6-21-16-14(17)9-13(20)10-15(16)18/h9-11,20H,4-8H2,1-3H3/b19-12+. The van der Waals surface area contributed by atoms with Crippen LogP contribution in [0.25, 0.3) is 0 Å². The predicted octanol–water partition coefficient (Wildman–Crippen LogP) is 5.30. The monoisotopic (exact) mass is 347 g/mol. The third kappa shape index (κ3) is 7.23. The largest absolute Gasteiger partial charge is 0.508 e. The highest BCUT2D eigenvalue weighted by molar-refractivity contribution is 6.37. The van der Waals surface area contributed by atoms with E-state index in [1.807, 2.05) is 6.92 Å². The normalized spacial score (nSPS) is 11.8. The summed E-state index contributed by atoms with van der Waals surface area (Å²) in [7, 11) is 0. The Bertz CT molecular complexity index is 481. The van der Waals surface area contributed by atoms with Crippen LogP contribution in [0.3, 0.4) is 0 Å². The van der Waals surface area contributed by atoms with Crippen LogP contribution in [0.4, 0.5) is 0 Å². The molecule has 1 rings (SSSR count). The van der Waals surface area contributed by atoms with Crippen LogP contribution in [-0.2, 0) is 4.84 Å². The van der Waals surface area contributed by atoms with Crippen molar-refractivity contribution >= 4 is 28.9 Å². The first-order valence-electron chi connectivity index (χ1n) is 7.36. The summed E-state index contributed by atoms with van der Waals surface area (Å²) < 4.78 is 5.54. The second-order valence-electron chi connectivity index (χ2n) is 5.55. The summed E-state index contributed by atoms with van der Waals surface area (Å²) in [4.78, 5) is 5.26. The van der Waals surface area contributed by atoms with Crippen molar-refractivity contribution in [3.63, 3.8) is 0 Å². The number of aromatic hydroxyl groups is 1. The Morgan fingerprint density at radius 3 is 2.36 bits per heavy atom. The number of unbranched alkanes of at least 4 members (excludes halogenated alkanes) is 1. The summed E-state index contributed by atoms with van der Waals surface area (Å²) in [5, 5.41) is 14.0. The Hall–Kier alpha value is -1.13. The molecular weight excluding hydrogens is 325 g/mol. The molecule has 0 saturated heterocycles. The van der Waals surface area contributed by atoms with Gasteiger partial charge in [-0.1, -0.05) is 42.2 Å². The van der Waals surface area contributed by atoms with Gasteiger partial charge in [0, 0.05) is 12.1 Å². The van der Waals surface area contributed by atoms with Crippen molar-refractivity contribution in [2.45, 2.75) is 40.0 Å². The lowest BCUT2D eigenvalue weighted by molar-refractivity contribution is 0.134. The maximum absolute atomic E-state index is 9.33. The fraction of sp³-hybridized carbons (Fsp3) is 0.562. The van der Waals surface area contributed by atoms with E-state index in [9.17, 15) is 5.11 Å². The van der Waals surface area contributed by atoms with Gasteiger partial charge in [-0.2, -0.15) is 0 Å². The molecule has 0 aliphatic carbocycles. The molecule has 1 aromatic rings. The number of phenolic OH excluding ortho intramolecular Hbond substituents is 1. The molecule has 0 bridgehead atoms. The van der Waals surface area contributed by atoms with Gasteiger partial charge in [-0.05, 0) is 32.1 Å². The van der Waals surface area contributed by atoms with Crippen molar-refractivity contribution in [3.8, 4) is 11.5 Å². The quantitative estimate of drug-likeness (QED) is 0.374. The zero-order valence-electron chi connectivity index (χ0n) is 13.2. The van der Waals surface area contributed by atoms with E-state index in [1.54, 1.807) is 0 Å². The van der Waals surface area contributed by atoms with E-state index in [4.69, 9.17) is 32.8 Å². The van der Waals surface area contributed by atoms with Gasteiger partial charge in [-0.25, -0.2) is 0 Å². The van der Waals surface area contributed by atoms with Crippen molar-refractivity contribution in [1.82, 2.24) is 0 Å². The minimum absolute atomic E-state index is 0.0189. The van der Waals surface area contributed by atoms with Crippen LogP contribution in [-0.4, -0.2) is 24.0 Å². The summed E-state index contributed by atoms with van der Waals surface area (Å²) >= 11 is 11.9. The first-order chi connectivity index (χ1) is 10.4. The third-order valence-electron chi connectivity index (χ3n) is 2.78. The summed E-state index contributed by atoms with van der Waals surface area (Å²) in [5.74, 6) is 0.999. The molecule has 0 aliphatic heterocycles. The topological polar surface area (TPSA) is 51.0 Å². The fourth-order valence-electron chi connectivity index (χ4n) is 1.91. The molecule has 6 heteroatoms. The Kier molecular flexibility index (Phi) is 8.43. The van der Waals surface area contributed by atoms with Crippen molar-refractivity contribution in [1.29, 1.82) is 0 Å². The number of halogens is 2. The molecule has 0 aliphatic rings. The zero-order chi connectivity index (χ0) is 16.5. The van der Waals surface area contributed by atoms with Crippen molar-refractivity contribution in [2.75, 3.05) is 13.2 Å². The number of ether oxygens (including phenoxy) is 1. The summed E-state index contributed by atoms with van der Waals surface area (Å²) in [6, 6.07) is 2.80. The molecule has 0 amide bonds. The molecule has 0 atom stereocenters. The average Bonchev–Trinajstić information content (AvgIpc) is 2.39. The number of nitrogens with zero attached hydrogens (tertiary/aromatic N) is 1. The minimum Gasteiger partial charge on any atom is -0.508 e. The van der Waals surface area contributed by atoms with Crippen LogP contribution in [0.1, 0.15) is 40.0 Å². The fourth-order valence-corrected chi connectivity index (χ4v) is 2.50. The van der Waals surface area contributed by atoms with Gasteiger partial charge in [0.1, 0.15) is 12.4 Å². The number of rotatable bonds is 9. The number of hydrogen-bond donors (Lipinski definition) is 1. The van der Waals surface area contributed by atoms with E-state index in [2.05, 4.69) is 19.0 Å². The van der Waals surface area contributed by atoms with Crippen molar-refractivity contribution in [3.05, 3.63) is 22.2 Å². The van der Waals surface area contributed by atoms with Gasteiger partial charge in [0.05, 0.1) is 22.4 Å². The van der Waals surface area contributed by atoms with E-state index in [0.717, 1.165) is 25.0 Å². The molecule has 124 valence electrons. The van der Waals surface area contributed by atoms with E-state index in [-0.39, 0.29) is 5.75 Å². The van der Waals surface area contributed by atoms with Crippen LogP contribution in [0, 0.1) is 5.92 Å². The summed E-state index contributed by atoms with van der Waals surface area (Å²) in [5.41, 5.74) is 1.01. The lowest BCUT2D eigenvalue weighted by atomic mass is 10.1. The molecule has 1 aromatic carbocycles. The van der Waals surface area contributed by atoms with Crippen LogP contribution in [0.5, 0.6) is 11.5 Å². The van der Waals surface area contributed by atoms with Gasteiger partial charge in [0.25, 0.3) is 0 Å². The maximum Gasteiger partial charge on any atom is 0.156 e. The Morgan fingerprint density at radius 2 is 1.77 bits per heavy atom. The van der Waals surface area contributed by atoms with Gasteiger partial charge >= 0.3 is 0 Å². The Labute approximate surface area is 142 Å². The predicted molar refractivity (Wildman–Crippen MR) is 91.4 cm³/mol. The maximum atomic E-state index is 9.33. The van der Waals surface area contributed by atoms with Gasteiger partial charge in [0.2, 0.25) is 0 Å². The van der Waals surface area contributed by atoms with Crippen LogP contribution in [0.2, 0.25) is 10.0 Å². The molecule has 22 heavy (non-hydrogen) atoms. The first kappa shape index (κ1) is 18.9. The number of phenols is 1. The molecule has 0 spiro atoms. The van der Waals surface area contributed by atoms with Crippen LogP contribution < -0.4 is 4.74 Å².